The fourth-order valence-electron chi connectivity index (χ4n) is 2.98. The lowest BCUT2D eigenvalue weighted by Gasteiger charge is -2.20. The van der Waals surface area contributed by atoms with Gasteiger partial charge in [-0.05, 0) is 61.4 Å². The molecule has 0 aliphatic heterocycles. The van der Waals surface area contributed by atoms with E-state index >= 15 is 0 Å². The number of hydrogen-bond donors (Lipinski definition) is 1. The SMILES string of the molecule is C[C@@H](NC(=O)c1ccccc1)c1ccc2c(c1)CCCC2. The van der Waals surface area contributed by atoms with Crippen molar-refractivity contribution in [2.24, 2.45) is 0 Å². The second-order valence-corrected chi connectivity index (χ2v) is 5.80. The summed E-state index contributed by atoms with van der Waals surface area (Å²) in [6.45, 7) is 2.05. The van der Waals surface area contributed by atoms with E-state index < -0.39 is 0 Å². The van der Waals surface area contributed by atoms with Gasteiger partial charge in [0.25, 0.3) is 5.91 Å². The van der Waals surface area contributed by atoms with Gasteiger partial charge in [0.05, 0.1) is 6.04 Å². The van der Waals surface area contributed by atoms with E-state index in [2.05, 4.69) is 23.5 Å². The summed E-state index contributed by atoms with van der Waals surface area (Å²) in [5.74, 6) is -0.0131. The number of carbonyl (C=O) groups is 1. The highest BCUT2D eigenvalue weighted by Gasteiger charge is 2.14. The summed E-state index contributed by atoms with van der Waals surface area (Å²) in [6.07, 6.45) is 4.94. The lowest BCUT2D eigenvalue weighted by atomic mass is 9.89. The molecule has 0 saturated carbocycles. The number of rotatable bonds is 3. The molecule has 0 spiro atoms. The molecule has 1 amide bonds. The Bertz CT molecular complexity index is 633. The van der Waals surface area contributed by atoms with Gasteiger partial charge < -0.3 is 5.32 Å². The third kappa shape index (κ3) is 3.15. The second kappa shape index (κ2) is 6.13. The van der Waals surface area contributed by atoms with Gasteiger partial charge in [0, 0.05) is 5.56 Å². The quantitative estimate of drug-likeness (QED) is 0.902. The largest absolute Gasteiger partial charge is 0.346 e. The van der Waals surface area contributed by atoms with Crippen LogP contribution in [0.15, 0.2) is 48.5 Å². The molecule has 3 rings (SSSR count). The summed E-state index contributed by atoms with van der Waals surface area (Å²) in [5.41, 5.74) is 4.84. The van der Waals surface area contributed by atoms with Crippen LogP contribution in [0.2, 0.25) is 0 Å². The standard InChI is InChI=1S/C19H21NO/c1-14(20-19(21)16-8-3-2-4-9-16)17-12-11-15-7-5-6-10-18(15)13-17/h2-4,8-9,11-14H,5-7,10H2,1H3,(H,20,21)/t14-/m1/s1. The predicted octanol–water partition coefficient (Wildman–Crippen LogP) is 4.06. The fraction of sp³-hybridized carbons (Fsp3) is 0.316. The fourth-order valence-corrected chi connectivity index (χ4v) is 2.98. The zero-order valence-electron chi connectivity index (χ0n) is 12.4. The van der Waals surface area contributed by atoms with Crippen molar-refractivity contribution < 1.29 is 4.79 Å². The Morgan fingerprint density at radius 2 is 1.71 bits per heavy atom. The van der Waals surface area contributed by atoms with Crippen molar-refractivity contribution >= 4 is 5.91 Å². The summed E-state index contributed by atoms with van der Waals surface area (Å²) < 4.78 is 0. The van der Waals surface area contributed by atoms with Crippen LogP contribution in [0.3, 0.4) is 0 Å². The average Bonchev–Trinajstić information content (AvgIpc) is 2.55. The molecule has 0 unspecified atom stereocenters. The van der Waals surface area contributed by atoms with Crippen molar-refractivity contribution in [2.75, 3.05) is 0 Å². The van der Waals surface area contributed by atoms with Crippen LogP contribution in [-0.2, 0) is 12.8 Å². The van der Waals surface area contributed by atoms with Crippen LogP contribution < -0.4 is 5.32 Å². The molecule has 1 atom stereocenters. The van der Waals surface area contributed by atoms with E-state index in [0.717, 1.165) is 0 Å². The number of benzene rings is 2. The predicted molar refractivity (Wildman–Crippen MR) is 85.4 cm³/mol. The van der Waals surface area contributed by atoms with Crippen LogP contribution >= 0.6 is 0 Å². The van der Waals surface area contributed by atoms with Crippen molar-refractivity contribution in [3.05, 3.63) is 70.8 Å². The first-order valence-corrected chi connectivity index (χ1v) is 7.71. The molecule has 0 aromatic heterocycles. The molecule has 0 fully saturated rings. The number of hydrogen-bond acceptors (Lipinski definition) is 1. The first kappa shape index (κ1) is 13.9. The molecule has 1 aliphatic rings. The van der Waals surface area contributed by atoms with Gasteiger partial charge in [0.2, 0.25) is 0 Å². The van der Waals surface area contributed by atoms with E-state index in [1.54, 1.807) is 0 Å². The smallest absolute Gasteiger partial charge is 0.251 e. The molecular formula is C19H21NO. The number of carbonyl (C=O) groups excluding carboxylic acids is 1. The summed E-state index contributed by atoms with van der Waals surface area (Å²) >= 11 is 0. The van der Waals surface area contributed by atoms with Gasteiger partial charge in [0.1, 0.15) is 0 Å². The Labute approximate surface area is 126 Å². The maximum Gasteiger partial charge on any atom is 0.251 e. The highest BCUT2D eigenvalue weighted by molar-refractivity contribution is 5.94. The van der Waals surface area contributed by atoms with Gasteiger partial charge in [-0.2, -0.15) is 0 Å². The lowest BCUT2D eigenvalue weighted by Crippen LogP contribution is -2.26. The number of fused-ring (bicyclic) bond motifs is 1. The summed E-state index contributed by atoms with van der Waals surface area (Å²) in [5, 5.41) is 3.08. The van der Waals surface area contributed by atoms with Gasteiger partial charge in [-0.3, -0.25) is 4.79 Å². The lowest BCUT2D eigenvalue weighted by molar-refractivity contribution is 0.0940. The molecule has 0 radical (unpaired) electrons. The summed E-state index contributed by atoms with van der Waals surface area (Å²) in [4.78, 5) is 12.2. The van der Waals surface area contributed by atoms with E-state index in [4.69, 9.17) is 0 Å². The van der Waals surface area contributed by atoms with Crippen molar-refractivity contribution in [3.63, 3.8) is 0 Å². The molecular weight excluding hydrogens is 258 g/mol. The zero-order valence-corrected chi connectivity index (χ0v) is 12.4. The first-order valence-electron chi connectivity index (χ1n) is 7.71. The number of amides is 1. The molecule has 2 heteroatoms. The number of aryl methyl sites for hydroxylation is 2. The molecule has 2 aromatic rings. The van der Waals surface area contributed by atoms with Gasteiger partial charge in [-0.25, -0.2) is 0 Å². The molecule has 21 heavy (non-hydrogen) atoms. The third-order valence-corrected chi connectivity index (χ3v) is 4.26. The average molecular weight is 279 g/mol. The minimum atomic E-state index is -0.0131. The minimum Gasteiger partial charge on any atom is -0.346 e. The molecule has 1 N–H and O–H groups in total. The Morgan fingerprint density at radius 1 is 1.00 bits per heavy atom. The number of nitrogens with one attached hydrogen (secondary N) is 1. The highest BCUT2D eigenvalue weighted by atomic mass is 16.1. The maximum absolute atomic E-state index is 12.2. The van der Waals surface area contributed by atoms with Crippen molar-refractivity contribution in [2.45, 2.75) is 38.6 Å². The molecule has 0 saturated heterocycles. The Hall–Kier alpha value is -2.09. The zero-order chi connectivity index (χ0) is 14.7. The summed E-state index contributed by atoms with van der Waals surface area (Å²) in [6, 6.07) is 16.1. The molecule has 0 heterocycles. The first-order chi connectivity index (χ1) is 10.2. The van der Waals surface area contributed by atoms with Gasteiger partial charge >= 0.3 is 0 Å². The molecule has 0 bridgehead atoms. The molecule has 1 aliphatic carbocycles. The van der Waals surface area contributed by atoms with E-state index in [-0.39, 0.29) is 11.9 Å². The van der Waals surface area contributed by atoms with Crippen LogP contribution in [0.1, 0.15) is 52.9 Å². The van der Waals surface area contributed by atoms with Gasteiger partial charge in [-0.15, -0.1) is 0 Å². The van der Waals surface area contributed by atoms with Crippen LogP contribution in [0.25, 0.3) is 0 Å². The normalized spacial score (nSPS) is 15.1. The van der Waals surface area contributed by atoms with Crippen molar-refractivity contribution in [1.29, 1.82) is 0 Å². The van der Waals surface area contributed by atoms with Gasteiger partial charge in [0.15, 0.2) is 0 Å². The van der Waals surface area contributed by atoms with E-state index in [1.165, 1.54) is 42.4 Å². The van der Waals surface area contributed by atoms with Gasteiger partial charge in [-0.1, -0.05) is 36.4 Å². The van der Waals surface area contributed by atoms with E-state index in [1.807, 2.05) is 37.3 Å². The van der Waals surface area contributed by atoms with Crippen LogP contribution in [0.4, 0.5) is 0 Å². The van der Waals surface area contributed by atoms with E-state index in [0.29, 0.717) is 5.56 Å². The van der Waals surface area contributed by atoms with Crippen LogP contribution in [0, 0.1) is 0 Å². The maximum atomic E-state index is 12.2. The van der Waals surface area contributed by atoms with Crippen LogP contribution in [0.5, 0.6) is 0 Å². The Morgan fingerprint density at radius 3 is 2.48 bits per heavy atom. The topological polar surface area (TPSA) is 29.1 Å². The second-order valence-electron chi connectivity index (χ2n) is 5.80. The molecule has 2 nitrogen and oxygen atoms in total. The van der Waals surface area contributed by atoms with Crippen molar-refractivity contribution in [3.8, 4) is 0 Å². The highest BCUT2D eigenvalue weighted by Crippen LogP contribution is 2.24. The monoisotopic (exact) mass is 279 g/mol. The van der Waals surface area contributed by atoms with Crippen LogP contribution in [-0.4, -0.2) is 5.91 Å². The Balaban J connectivity index is 1.73. The van der Waals surface area contributed by atoms with Crippen molar-refractivity contribution in [1.82, 2.24) is 5.32 Å². The molecule has 108 valence electrons. The molecule has 2 aromatic carbocycles. The summed E-state index contributed by atoms with van der Waals surface area (Å²) in [7, 11) is 0. The Kier molecular flexibility index (Phi) is 4.05. The van der Waals surface area contributed by atoms with E-state index in [9.17, 15) is 4.79 Å². The minimum absolute atomic E-state index is 0.0131. The third-order valence-electron chi connectivity index (χ3n) is 4.26.